The summed E-state index contributed by atoms with van der Waals surface area (Å²) >= 11 is 0. The fourth-order valence-electron chi connectivity index (χ4n) is 3.57. The van der Waals surface area contributed by atoms with Crippen LogP contribution in [0.3, 0.4) is 0 Å². The predicted molar refractivity (Wildman–Crippen MR) is 86.5 cm³/mol. The highest BCUT2D eigenvalue weighted by atomic mass is 15.2. The Balaban J connectivity index is 2.12. The third kappa shape index (κ3) is 3.42. The minimum Gasteiger partial charge on any atom is -0.323 e. The van der Waals surface area contributed by atoms with Crippen molar-refractivity contribution in [3.63, 3.8) is 0 Å². The average molecular weight is 274 g/mol. The number of nitrogens with two attached hydrogens (primary N) is 1. The molecule has 1 fully saturated rings. The minimum atomic E-state index is 0.113. The van der Waals surface area contributed by atoms with E-state index in [1.165, 1.54) is 25.1 Å². The molecular weight excluding hydrogens is 244 g/mol. The van der Waals surface area contributed by atoms with Crippen molar-refractivity contribution < 1.29 is 0 Å². The first-order valence-corrected chi connectivity index (χ1v) is 8.05. The summed E-state index contributed by atoms with van der Waals surface area (Å²) in [6, 6.07) is 11.1. The van der Waals surface area contributed by atoms with E-state index in [-0.39, 0.29) is 6.04 Å². The van der Waals surface area contributed by atoms with Crippen LogP contribution in [0.4, 0.5) is 0 Å². The van der Waals surface area contributed by atoms with E-state index in [2.05, 4.69) is 62.9 Å². The molecule has 1 aromatic rings. The standard InChI is InChI=1S/C18H30N2/c1-13(2)16-10-11-20(12-16)18(14(3)4)17(19)15-8-6-5-7-9-15/h5-9,13-14,16-18H,10-12,19H2,1-4H3. The summed E-state index contributed by atoms with van der Waals surface area (Å²) < 4.78 is 0. The van der Waals surface area contributed by atoms with E-state index < -0.39 is 0 Å². The van der Waals surface area contributed by atoms with Crippen molar-refractivity contribution in [2.75, 3.05) is 13.1 Å². The van der Waals surface area contributed by atoms with Gasteiger partial charge in [-0.05, 0) is 36.3 Å². The summed E-state index contributed by atoms with van der Waals surface area (Å²) in [5.74, 6) is 2.19. The second kappa shape index (κ2) is 6.73. The zero-order chi connectivity index (χ0) is 14.7. The molecule has 3 atom stereocenters. The smallest absolute Gasteiger partial charge is 0.0455 e. The lowest BCUT2D eigenvalue weighted by Crippen LogP contribution is -2.45. The van der Waals surface area contributed by atoms with Crippen LogP contribution in [0.25, 0.3) is 0 Å². The average Bonchev–Trinajstić information content (AvgIpc) is 2.89. The molecule has 2 rings (SSSR count). The molecule has 20 heavy (non-hydrogen) atoms. The Morgan fingerprint density at radius 3 is 2.25 bits per heavy atom. The Hall–Kier alpha value is -0.860. The lowest BCUT2D eigenvalue weighted by Gasteiger charge is -2.36. The van der Waals surface area contributed by atoms with Gasteiger partial charge < -0.3 is 5.73 Å². The van der Waals surface area contributed by atoms with Crippen molar-refractivity contribution in [2.45, 2.75) is 46.2 Å². The quantitative estimate of drug-likeness (QED) is 0.887. The van der Waals surface area contributed by atoms with Crippen LogP contribution in [0.1, 0.15) is 45.7 Å². The molecule has 0 aliphatic carbocycles. The van der Waals surface area contributed by atoms with Crippen molar-refractivity contribution >= 4 is 0 Å². The Kier molecular flexibility index (Phi) is 5.22. The van der Waals surface area contributed by atoms with Gasteiger partial charge in [0.05, 0.1) is 0 Å². The van der Waals surface area contributed by atoms with Crippen LogP contribution in [0, 0.1) is 17.8 Å². The summed E-state index contributed by atoms with van der Waals surface area (Å²) in [5.41, 5.74) is 7.86. The van der Waals surface area contributed by atoms with Gasteiger partial charge in [0, 0.05) is 18.6 Å². The molecule has 0 spiro atoms. The molecule has 0 saturated carbocycles. The maximum atomic E-state index is 6.60. The van der Waals surface area contributed by atoms with Crippen molar-refractivity contribution in [3.05, 3.63) is 35.9 Å². The zero-order valence-electron chi connectivity index (χ0n) is 13.4. The van der Waals surface area contributed by atoms with Crippen molar-refractivity contribution in [3.8, 4) is 0 Å². The van der Waals surface area contributed by atoms with Gasteiger partial charge in [-0.2, -0.15) is 0 Å². The molecule has 0 aromatic heterocycles. The second-order valence-corrected chi connectivity index (χ2v) is 6.96. The Morgan fingerprint density at radius 2 is 1.75 bits per heavy atom. The van der Waals surface area contributed by atoms with Gasteiger partial charge in [-0.3, -0.25) is 4.90 Å². The first-order chi connectivity index (χ1) is 9.50. The van der Waals surface area contributed by atoms with Crippen LogP contribution < -0.4 is 5.73 Å². The highest BCUT2D eigenvalue weighted by Gasteiger charge is 2.34. The van der Waals surface area contributed by atoms with E-state index in [1.807, 2.05) is 0 Å². The predicted octanol–water partition coefficient (Wildman–Crippen LogP) is 3.69. The van der Waals surface area contributed by atoms with Crippen molar-refractivity contribution in [1.82, 2.24) is 4.90 Å². The molecule has 1 aromatic carbocycles. The van der Waals surface area contributed by atoms with Gasteiger partial charge in [-0.15, -0.1) is 0 Å². The number of benzene rings is 1. The molecule has 1 saturated heterocycles. The van der Waals surface area contributed by atoms with Crippen LogP contribution >= 0.6 is 0 Å². The van der Waals surface area contributed by atoms with E-state index in [4.69, 9.17) is 5.73 Å². The second-order valence-electron chi connectivity index (χ2n) is 6.96. The highest BCUT2D eigenvalue weighted by molar-refractivity contribution is 5.20. The first-order valence-electron chi connectivity index (χ1n) is 8.05. The van der Waals surface area contributed by atoms with Gasteiger partial charge in [0.25, 0.3) is 0 Å². The normalized spacial score (nSPS) is 23.4. The van der Waals surface area contributed by atoms with E-state index >= 15 is 0 Å². The maximum Gasteiger partial charge on any atom is 0.0455 e. The fourth-order valence-corrected chi connectivity index (χ4v) is 3.57. The van der Waals surface area contributed by atoms with Crippen LogP contribution in [-0.2, 0) is 0 Å². The minimum absolute atomic E-state index is 0.113. The van der Waals surface area contributed by atoms with Gasteiger partial charge in [-0.25, -0.2) is 0 Å². The monoisotopic (exact) mass is 274 g/mol. The number of hydrogen-bond donors (Lipinski definition) is 1. The fraction of sp³-hybridized carbons (Fsp3) is 0.667. The molecule has 1 heterocycles. The molecular formula is C18H30N2. The van der Waals surface area contributed by atoms with Gasteiger partial charge in [0.1, 0.15) is 0 Å². The number of hydrogen-bond acceptors (Lipinski definition) is 2. The molecule has 112 valence electrons. The van der Waals surface area contributed by atoms with E-state index in [9.17, 15) is 0 Å². The summed E-state index contributed by atoms with van der Waals surface area (Å²) in [6.07, 6.45) is 1.32. The topological polar surface area (TPSA) is 29.3 Å². The maximum absolute atomic E-state index is 6.60. The molecule has 1 aliphatic rings. The van der Waals surface area contributed by atoms with Gasteiger partial charge in [-0.1, -0.05) is 58.0 Å². The molecule has 0 radical (unpaired) electrons. The van der Waals surface area contributed by atoms with E-state index in [0.29, 0.717) is 12.0 Å². The van der Waals surface area contributed by atoms with Crippen molar-refractivity contribution in [1.29, 1.82) is 0 Å². The molecule has 0 bridgehead atoms. The Bertz CT molecular complexity index is 399. The molecule has 2 heteroatoms. The van der Waals surface area contributed by atoms with Crippen molar-refractivity contribution in [2.24, 2.45) is 23.5 Å². The SMILES string of the molecule is CC(C)C1CCN(C(C(C)C)C(N)c2ccccc2)C1. The van der Waals surface area contributed by atoms with Crippen LogP contribution in [0.2, 0.25) is 0 Å². The largest absolute Gasteiger partial charge is 0.323 e. The Labute approximate surface area is 124 Å². The van der Waals surface area contributed by atoms with Crippen LogP contribution in [0.15, 0.2) is 30.3 Å². The molecule has 2 N–H and O–H groups in total. The molecule has 3 unspecified atom stereocenters. The molecule has 1 aliphatic heterocycles. The number of nitrogens with zero attached hydrogens (tertiary/aromatic N) is 1. The van der Waals surface area contributed by atoms with Crippen LogP contribution in [-0.4, -0.2) is 24.0 Å². The highest BCUT2D eigenvalue weighted by Crippen LogP contribution is 2.31. The van der Waals surface area contributed by atoms with Gasteiger partial charge in [0.15, 0.2) is 0 Å². The third-order valence-electron chi connectivity index (χ3n) is 4.86. The van der Waals surface area contributed by atoms with Gasteiger partial charge in [0.2, 0.25) is 0 Å². The molecule has 0 amide bonds. The van der Waals surface area contributed by atoms with Gasteiger partial charge >= 0.3 is 0 Å². The summed E-state index contributed by atoms with van der Waals surface area (Å²) in [6.45, 7) is 11.7. The third-order valence-corrected chi connectivity index (χ3v) is 4.86. The molecule has 2 nitrogen and oxygen atoms in total. The zero-order valence-corrected chi connectivity index (χ0v) is 13.4. The lowest BCUT2D eigenvalue weighted by atomic mass is 9.90. The van der Waals surface area contributed by atoms with E-state index in [0.717, 1.165) is 11.8 Å². The Morgan fingerprint density at radius 1 is 1.10 bits per heavy atom. The summed E-state index contributed by atoms with van der Waals surface area (Å²) in [5, 5.41) is 0. The number of likely N-dealkylation sites (tertiary alicyclic amines) is 1. The van der Waals surface area contributed by atoms with Crippen LogP contribution in [0.5, 0.6) is 0 Å². The lowest BCUT2D eigenvalue weighted by molar-refractivity contribution is 0.152. The summed E-state index contributed by atoms with van der Waals surface area (Å²) in [7, 11) is 0. The number of rotatable bonds is 5. The summed E-state index contributed by atoms with van der Waals surface area (Å²) in [4.78, 5) is 2.63. The van der Waals surface area contributed by atoms with E-state index in [1.54, 1.807) is 0 Å². The first kappa shape index (κ1) is 15.5.